The van der Waals surface area contributed by atoms with Crippen molar-refractivity contribution in [3.05, 3.63) is 71.8 Å². The van der Waals surface area contributed by atoms with Gasteiger partial charge in [0.2, 0.25) is 0 Å². The maximum atomic E-state index is 12.6. The Labute approximate surface area is 201 Å². The Morgan fingerprint density at radius 1 is 0.824 bits per heavy atom. The Morgan fingerprint density at radius 2 is 1.35 bits per heavy atom. The number of benzene rings is 2. The van der Waals surface area contributed by atoms with Gasteiger partial charge >= 0.3 is 18.0 Å². The van der Waals surface area contributed by atoms with E-state index in [0.717, 1.165) is 11.1 Å². The first-order valence-corrected chi connectivity index (χ1v) is 11.3. The van der Waals surface area contributed by atoms with Gasteiger partial charge in [0.15, 0.2) is 0 Å². The zero-order chi connectivity index (χ0) is 25.0. The number of esters is 2. The summed E-state index contributed by atoms with van der Waals surface area (Å²) in [4.78, 5) is 37.2. The van der Waals surface area contributed by atoms with Crippen molar-refractivity contribution < 1.29 is 28.6 Å². The smallest absolute Gasteiger partial charge is 0.408 e. The minimum absolute atomic E-state index is 0.0796. The predicted molar refractivity (Wildman–Crippen MR) is 128 cm³/mol. The lowest BCUT2D eigenvalue weighted by atomic mass is 10.1. The Morgan fingerprint density at radius 3 is 1.88 bits per heavy atom. The molecule has 2 aromatic carbocycles. The predicted octanol–water partition coefficient (Wildman–Crippen LogP) is 3.73. The molecule has 8 nitrogen and oxygen atoms in total. The average molecular weight is 471 g/mol. The Hall–Kier alpha value is -3.39. The molecule has 34 heavy (non-hydrogen) atoms. The van der Waals surface area contributed by atoms with Gasteiger partial charge in [-0.15, -0.1) is 0 Å². The van der Waals surface area contributed by atoms with Crippen LogP contribution in [0.2, 0.25) is 0 Å². The summed E-state index contributed by atoms with van der Waals surface area (Å²) in [5, 5.41) is 5.59. The highest BCUT2D eigenvalue weighted by atomic mass is 16.6. The number of alkyl carbamates (subject to hydrolysis) is 1. The normalized spacial score (nSPS) is 12.8. The number of carbonyl (C=O) groups excluding carboxylic acids is 3. The second-order valence-corrected chi connectivity index (χ2v) is 8.85. The fourth-order valence-electron chi connectivity index (χ4n) is 2.91. The van der Waals surface area contributed by atoms with E-state index in [2.05, 4.69) is 10.6 Å². The van der Waals surface area contributed by atoms with Crippen molar-refractivity contribution in [2.24, 2.45) is 0 Å². The SMILES string of the molecule is CC(NCCC(NC(=O)OCc1ccccc1)C(=O)OC(C)(C)C)C(=O)OCc1ccccc1. The lowest BCUT2D eigenvalue weighted by Gasteiger charge is -2.25. The molecule has 0 saturated heterocycles. The summed E-state index contributed by atoms with van der Waals surface area (Å²) in [6, 6.07) is 17.1. The van der Waals surface area contributed by atoms with Crippen molar-refractivity contribution in [2.75, 3.05) is 6.54 Å². The van der Waals surface area contributed by atoms with Crippen LogP contribution in [0.4, 0.5) is 4.79 Å². The van der Waals surface area contributed by atoms with Crippen LogP contribution in [0.1, 0.15) is 45.2 Å². The summed E-state index contributed by atoms with van der Waals surface area (Å²) in [5.41, 5.74) is 1.01. The molecule has 8 heteroatoms. The van der Waals surface area contributed by atoms with Gasteiger partial charge in [-0.1, -0.05) is 60.7 Å². The van der Waals surface area contributed by atoms with E-state index in [1.54, 1.807) is 27.7 Å². The summed E-state index contributed by atoms with van der Waals surface area (Å²) >= 11 is 0. The molecule has 0 heterocycles. The number of carbonyl (C=O) groups is 3. The van der Waals surface area contributed by atoms with Gasteiger partial charge in [0.1, 0.15) is 30.9 Å². The van der Waals surface area contributed by atoms with Crippen LogP contribution in [0.25, 0.3) is 0 Å². The number of hydrogen-bond acceptors (Lipinski definition) is 7. The molecule has 0 aliphatic rings. The number of rotatable bonds is 11. The minimum atomic E-state index is -0.942. The molecule has 0 spiro atoms. The first-order chi connectivity index (χ1) is 16.1. The standard InChI is InChI=1S/C26H34N2O6/c1-19(23(29)32-17-20-11-7-5-8-12-20)27-16-15-22(24(30)34-26(2,3)4)28-25(31)33-18-21-13-9-6-10-14-21/h5-14,19,22,27H,15-18H2,1-4H3,(H,28,31). The fourth-order valence-corrected chi connectivity index (χ4v) is 2.91. The van der Waals surface area contributed by atoms with Gasteiger partial charge < -0.3 is 24.8 Å². The monoisotopic (exact) mass is 470 g/mol. The molecule has 0 saturated carbocycles. The van der Waals surface area contributed by atoms with Crippen molar-refractivity contribution in [3.8, 4) is 0 Å². The first-order valence-electron chi connectivity index (χ1n) is 11.3. The van der Waals surface area contributed by atoms with E-state index in [4.69, 9.17) is 14.2 Å². The molecular formula is C26H34N2O6. The van der Waals surface area contributed by atoms with Gasteiger partial charge in [0.05, 0.1) is 0 Å². The number of nitrogens with one attached hydrogen (secondary N) is 2. The lowest BCUT2D eigenvalue weighted by Crippen LogP contribution is -2.46. The van der Waals surface area contributed by atoms with Gasteiger partial charge in [0.25, 0.3) is 0 Å². The van der Waals surface area contributed by atoms with Crippen LogP contribution >= 0.6 is 0 Å². The van der Waals surface area contributed by atoms with Crippen LogP contribution < -0.4 is 10.6 Å². The van der Waals surface area contributed by atoms with Gasteiger partial charge in [-0.25, -0.2) is 9.59 Å². The number of ether oxygens (including phenoxy) is 3. The quantitative estimate of drug-likeness (QED) is 0.381. The van der Waals surface area contributed by atoms with E-state index in [1.807, 2.05) is 60.7 Å². The molecule has 0 bridgehead atoms. The molecule has 1 amide bonds. The molecule has 0 radical (unpaired) electrons. The molecule has 2 atom stereocenters. The summed E-state index contributed by atoms with van der Waals surface area (Å²) in [7, 11) is 0. The molecular weight excluding hydrogens is 436 g/mol. The maximum Gasteiger partial charge on any atom is 0.408 e. The zero-order valence-electron chi connectivity index (χ0n) is 20.2. The van der Waals surface area contributed by atoms with E-state index in [1.165, 1.54) is 0 Å². The van der Waals surface area contributed by atoms with Gasteiger partial charge in [0, 0.05) is 0 Å². The molecule has 0 aliphatic carbocycles. The van der Waals surface area contributed by atoms with Crippen LogP contribution in [0, 0.1) is 0 Å². The molecule has 0 aromatic heterocycles. The van der Waals surface area contributed by atoms with Crippen molar-refractivity contribution in [1.29, 1.82) is 0 Å². The average Bonchev–Trinajstić information content (AvgIpc) is 2.80. The van der Waals surface area contributed by atoms with Gasteiger partial charge in [-0.05, 0) is 51.8 Å². The number of hydrogen-bond donors (Lipinski definition) is 2. The van der Waals surface area contributed by atoms with Crippen LogP contribution in [-0.4, -0.2) is 42.3 Å². The molecule has 2 N–H and O–H groups in total. The highest BCUT2D eigenvalue weighted by molar-refractivity contribution is 5.81. The Kier molecular flexibility index (Phi) is 10.5. The van der Waals surface area contributed by atoms with Crippen LogP contribution in [0.5, 0.6) is 0 Å². The Bertz CT molecular complexity index is 912. The third-order valence-corrected chi connectivity index (χ3v) is 4.66. The third kappa shape index (κ3) is 10.5. The molecule has 0 aliphatic heterocycles. The van der Waals surface area contributed by atoms with Crippen molar-refractivity contribution in [3.63, 3.8) is 0 Å². The van der Waals surface area contributed by atoms with E-state index < -0.39 is 35.7 Å². The largest absolute Gasteiger partial charge is 0.460 e. The highest BCUT2D eigenvalue weighted by Gasteiger charge is 2.27. The van der Waals surface area contributed by atoms with Crippen molar-refractivity contribution in [1.82, 2.24) is 10.6 Å². The van der Waals surface area contributed by atoms with Crippen LogP contribution in [0.15, 0.2) is 60.7 Å². The van der Waals surface area contributed by atoms with E-state index in [9.17, 15) is 14.4 Å². The van der Waals surface area contributed by atoms with Gasteiger partial charge in [-0.3, -0.25) is 4.79 Å². The minimum Gasteiger partial charge on any atom is -0.460 e. The summed E-state index contributed by atoms with van der Waals surface area (Å²) in [6.45, 7) is 7.45. The number of amides is 1. The summed E-state index contributed by atoms with van der Waals surface area (Å²) in [5.74, 6) is -0.988. The van der Waals surface area contributed by atoms with Crippen molar-refractivity contribution in [2.45, 2.75) is 65.0 Å². The summed E-state index contributed by atoms with van der Waals surface area (Å²) < 4.78 is 16.0. The van der Waals surface area contributed by atoms with Crippen molar-refractivity contribution >= 4 is 18.0 Å². The van der Waals surface area contributed by atoms with E-state index in [0.29, 0.717) is 0 Å². The molecule has 184 valence electrons. The first kappa shape index (κ1) is 26.9. The second kappa shape index (κ2) is 13.3. The van der Waals surface area contributed by atoms with Crippen LogP contribution in [-0.2, 0) is 37.0 Å². The highest BCUT2D eigenvalue weighted by Crippen LogP contribution is 2.10. The second-order valence-electron chi connectivity index (χ2n) is 8.85. The third-order valence-electron chi connectivity index (χ3n) is 4.66. The molecule has 2 aromatic rings. The van der Waals surface area contributed by atoms with Crippen LogP contribution in [0.3, 0.4) is 0 Å². The zero-order valence-corrected chi connectivity index (χ0v) is 20.2. The molecule has 2 unspecified atom stereocenters. The lowest BCUT2D eigenvalue weighted by molar-refractivity contribution is -0.157. The molecule has 0 fully saturated rings. The maximum absolute atomic E-state index is 12.6. The van der Waals surface area contributed by atoms with Gasteiger partial charge in [-0.2, -0.15) is 0 Å². The topological polar surface area (TPSA) is 103 Å². The Balaban J connectivity index is 1.84. The van der Waals surface area contributed by atoms with E-state index in [-0.39, 0.29) is 26.2 Å². The summed E-state index contributed by atoms with van der Waals surface area (Å²) in [6.07, 6.45) is -0.527. The molecule has 2 rings (SSSR count). The fraction of sp³-hybridized carbons (Fsp3) is 0.423. The van der Waals surface area contributed by atoms with E-state index >= 15 is 0 Å².